The zero-order valence-corrected chi connectivity index (χ0v) is 17.6. The fourth-order valence-corrected chi connectivity index (χ4v) is 3.73. The summed E-state index contributed by atoms with van der Waals surface area (Å²) >= 11 is 0. The lowest BCUT2D eigenvalue weighted by atomic mass is 9.91. The van der Waals surface area contributed by atoms with E-state index in [2.05, 4.69) is 23.8 Å². The Balaban J connectivity index is 1.85. The van der Waals surface area contributed by atoms with Gasteiger partial charge < -0.3 is 5.11 Å². The minimum atomic E-state index is -0.806. The number of carbonyl (C=O) groups is 2. The number of aryl methyl sites for hydroxylation is 1. The van der Waals surface area contributed by atoms with Gasteiger partial charge in [-0.1, -0.05) is 67.9 Å². The van der Waals surface area contributed by atoms with Crippen molar-refractivity contribution in [1.82, 2.24) is 9.97 Å². The molecule has 0 spiro atoms. The molecule has 1 aliphatic rings. The maximum Gasteiger partial charge on any atom is 0.295 e. The minimum absolute atomic E-state index is 0.0387. The van der Waals surface area contributed by atoms with Crippen molar-refractivity contribution in [1.29, 1.82) is 0 Å². The zero-order chi connectivity index (χ0) is 22.1. The summed E-state index contributed by atoms with van der Waals surface area (Å²) in [7, 11) is 0. The Kier molecular flexibility index (Phi) is 5.38. The number of amides is 1. The van der Waals surface area contributed by atoms with Crippen LogP contribution in [0.1, 0.15) is 52.9 Å². The predicted octanol–water partition coefficient (Wildman–Crippen LogP) is 4.69. The van der Waals surface area contributed by atoms with Crippen LogP contribution in [0.5, 0.6) is 0 Å². The molecular formula is C25H23N3O3. The van der Waals surface area contributed by atoms with E-state index >= 15 is 0 Å². The van der Waals surface area contributed by atoms with Gasteiger partial charge >= 0.3 is 0 Å². The molecule has 31 heavy (non-hydrogen) atoms. The van der Waals surface area contributed by atoms with E-state index < -0.39 is 23.5 Å². The van der Waals surface area contributed by atoms with Gasteiger partial charge in [0.05, 0.1) is 17.8 Å². The van der Waals surface area contributed by atoms with Crippen LogP contribution in [0, 0.1) is 6.92 Å². The summed E-state index contributed by atoms with van der Waals surface area (Å²) in [4.78, 5) is 36.1. The van der Waals surface area contributed by atoms with Crippen LogP contribution in [0.25, 0.3) is 0 Å². The molecule has 1 aliphatic heterocycles. The Morgan fingerprint density at radius 3 is 2.29 bits per heavy atom. The van der Waals surface area contributed by atoms with Crippen LogP contribution in [0.2, 0.25) is 0 Å². The van der Waals surface area contributed by atoms with E-state index in [-0.39, 0.29) is 11.4 Å². The largest absolute Gasteiger partial charge is 0.503 e. The summed E-state index contributed by atoms with van der Waals surface area (Å²) in [5.74, 6) is -1.02. The Morgan fingerprint density at radius 2 is 1.71 bits per heavy atom. The number of benzene rings is 2. The van der Waals surface area contributed by atoms with Crippen molar-refractivity contribution < 1.29 is 14.7 Å². The average molecular weight is 413 g/mol. The summed E-state index contributed by atoms with van der Waals surface area (Å²) in [6, 6.07) is 14.0. The van der Waals surface area contributed by atoms with Gasteiger partial charge in [-0.25, -0.2) is 4.98 Å². The van der Waals surface area contributed by atoms with E-state index in [0.717, 1.165) is 11.1 Å². The third-order valence-corrected chi connectivity index (χ3v) is 5.48. The lowest BCUT2D eigenvalue weighted by molar-refractivity contribution is -0.117. The number of nitrogens with zero attached hydrogens (tertiary/aromatic N) is 3. The van der Waals surface area contributed by atoms with E-state index in [0.29, 0.717) is 17.0 Å². The number of aliphatic hydroxyl groups excluding tert-OH is 1. The fraction of sp³-hybridized carbons (Fsp3) is 0.200. The van der Waals surface area contributed by atoms with Gasteiger partial charge in [-0.15, -0.1) is 0 Å². The Labute approximate surface area is 180 Å². The smallest absolute Gasteiger partial charge is 0.295 e. The predicted molar refractivity (Wildman–Crippen MR) is 118 cm³/mol. The zero-order valence-electron chi connectivity index (χ0n) is 17.6. The molecule has 1 N–H and O–H groups in total. The highest BCUT2D eigenvalue weighted by Gasteiger charge is 2.45. The van der Waals surface area contributed by atoms with Crippen molar-refractivity contribution in [2.24, 2.45) is 0 Å². The summed E-state index contributed by atoms with van der Waals surface area (Å²) in [6.07, 6.45) is 4.42. The molecule has 4 rings (SSSR count). The molecule has 1 aromatic heterocycles. The van der Waals surface area contributed by atoms with Gasteiger partial charge in [0.2, 0.25) is 0 Å². The quantitative estimate of drug-likeness (QED) is 0.614. The lowest BCUT2D eigenvalue weighted by Gasteiger charge is -2.26. The number of hydrogen-bond donors (Lipinski definition) is 1. The van der Waals surface area contributed by atoms with Crippen molar-refractivity contribution in [3.63, 3.8) is 0 Å². The topological polar surface area (TPSA) is 83.4 Å². The summed E-state index contributed by atoms with van der Waals surface area (Å²) in [6.45, 7) is 6.12. The van der Waals surface area contributed by atoms with Crippen LogP contribution >= 0.6 is 0 Å². The molecule has 0 saturated heterocycles. The molecule has 0 aliphatic carbocycles. The summed E-state index contributed by atoms with van der Waals surface area (Å²) in [5.41, 5.74) is 3.31. The fourth-order valence-electron chi connectivity index (χ4n) is 3.73. The molecule has 1 atom stereocenters. The molecule has 2 heterocycles. The van der Waals surface area contributed by atoms with Crippen molar-refractivity contribution in [3.05, 3.63) is 101 Å². The highest BCUT2D eigenvalue weighted by atomic mass is 16.3. The second-order valence-electron chi connectivity index (χ2n) is 7.92. The molecule has 0 fully saturated rings. The van der Waals surface area contributed by atoms with E-state index in [1.54, 1.807) is 12.1 Å². The van der Waals surface area contributed by atoms with Gasteiger partial charge in [-0.05, 0) is 24.0 Å². The first-order valence-electron chi connectivity index (χ1n) is 10.1. The number of anilines is 1. The lowest BCUT2D eigenvalue weighted by Crippen LogP contribution is -2.31. The number of carbonyl (C=O) groups excluding carboxylic acids is 2. The van der Waals surface area contributed by atoms with E-state index in [1.807, 2.05) is 43.3 Å². The second-order valence-corrected chi connectivity index (χ2v) is 7.92. The molecule has 156 valence electrons. The maximum atomic E-state index is 13.4. The van der Waals surface area contributed by atoms with Crippen LogP contribution < -0.4 is 4.90 Å². The van der Waals surface area contributed by atoms with Crippen molar-refractivity contribution in [2.45, 2.75) is 32.7 Å². The first kappa shape index (κ1) is 20.5. The number of ketones is 1. The van der Waals surface area contributed by atoms with Crippen molar-refractivity contribution >= 4 is 17.5 Å². The van der Waals surface area contributed by atoms with Crippen LogP contribution in [0.4, 0.5) is 5.82 Å². The molecule has 1 unspecified atom stereocenters. The summed E-state index contributed by atoms with van der Waals surface area (Å²) < 4.78 is 0. The summed E-state index contributed by atoms with van der Waals surface area (Å²) in [5, 5.41) is 10.8. The number of hydrogen-bond acceptors (Lipinski definition) is 5. The van der Waals surface area contributed by atoms with E-state index in [4.69, 9.17) is 0 Å². The monoisotopic (exact) mass is 413 g/mol. The first-order chi connectivity index (χ1) is 14.9. The normalized spacial score (nSPS) is 16.3. The van der Waals surface area contributed by atoms with Gasteiger partial charge in [0.25, 0.3) is 5.91 Å². The van der Waals surface area contributed by atoms with Crippen LogP contribution in [-0.4, -0.2) is 26.8 Å². The number of aliphatic hydroxyl groups is 1. The third-order valence-electron chi connectivity index (χ3n) is 5.48. The molecule has 6 nitrogen and oxygen atoms in total. The maximum absolute atomic E-state index is 13.4. The highest BCUT2D eigenvalue weighted by molar-refractivity contribution is 6.20. The molecule has 0 bridgehead atoms. The molecule has 1 amide bonds. The Morgan fingerprint density at radius 1 is 1.03 bits per heavy atom. The molecule has 3 aromatic rings. The molecule has 0 radical (unpaired) electrons. The molecule has 2 aromatic carbocycles. The van der Waals surface area contributed by atoms with Crippen LogP contribution in [0.3, 0.4) is 0 Å². The van der Waals surface area contributed by atoms with Crippen molar-refractivity contribution in [3.8, 4) is 0 Å². The van der Waals surface area contributed by atoms with Crippen LogP contribution in [-0.2, 0) is 4.79 Å². The van der Waals surface area contributed by atoms with Gasteiger partial charge in [0.1, 0.15) is 0 Å². The van der Waals surface area contributed by atoms with Gasteiger partial charge in [0.15, 0.2) is 17.4 Å². The van der Waals surface area contributed by atoms with Gasteiger partial charge in [-0.3, -0.25) is 19.5 Å². The standard InChI is InChI=1S/C25H23N3O3/c1-15(2)17-8-10-18(11-9-17)22-21(23(29)19-6-4-16(3)5-7-19)24(30)25(31)28(22)20-14-26-12-13-27-20/h4-15,22,30H,1-3H3. The van der Waals surface area contributed by atoms with E-state index in [9.17, 15) is 14.7 Å². The molecular weight excluding hydrogens is 390 g/mol. The second kappa shape index (κ2) is 8.14. The van der Waals surface area contributed by atoms with E-state index in [1.165, 1.54) is 23.5 Å². The SMILES string of the molecule is Cc1ccc(C(=O)C2=C(O)C(=O)N(c3cnccn3)C2c2ccc(C(C)C)cc2)cc1. The van der Waals surface area contributed by atoms with Crippen molar-refractivity contribution in [2.75, 3.05) is 4.90 Å². The molecule has 6 heteroatoms. The number of rotatable bonds is 5. The third kappa shape index (κ3) is 3.72. The minimum Gasteiger partial charge on any atom is -0.503 e. The molecule has 0 saturated carbocycles. The van der Waals surface area contributed by atoms with Crippen LogP contribution in [0.15, 0.2) is 78.5 Å². The first-order valence-corrected chi connectivity index (χ1v) is 10.1. The Bertz CT molecular complexity index is 1150. The Hall–Kier alpha value is -3.80. The highest BCUT2D eigenvalue weighted by Crippen LogP contribution is 2.41. The van der Waals surface area contributed by atoms with Gasteiger partial charge in [-0.2, -0.15) is 0 Å². The number of aromatic nitrogens is 2. The van der Waals surface area contributed by atoms with Gasteiger partial charge in [0, 0.05) is 18.0 Å². The average Bonchev–Trinajstić information content (AvgIpc) is 3.05. The number of Topliss-reactive ketones (excluding diaryl/α,β-unsaturated/α-hetero) is 1.